The minimum atomic E-state index is -0.443. The molecule has 2 aromatic carbocycles. The second-order valence-electron chi connectivity index (χ2n) is 8.51. The first-order valence-corrected chi connectivity index (χ1v) is 11.4. The van der Waals surface area contributed by atoms with E-state index in [4.69, 9.17) is 4.74 Å². The fraction of sp³-hybridized carbons (Fsp3) is 0.423. The molecule has 0 radical (unpaired) electrons. The molecule has 0 aliphatic carbocycles. The summed E-state index contributed by atoms with van der Waals surface area (Å²) in [5, 5.41) is 0. The summed E-state index contributed by atoms with van der Waals surface area (Å²) >= 11 is 0. The maximum atomic E-state index is 13.2. The van der Waals surface area contributed by atoms with Crippen molar-refractivity contribution in [1.82, 2.24) is 9.80 Å². The summed E-state index contributed by atoms with van der Waals surface area (Å²) in [7, 11) is 1.63. The predicted molar refractivity (Wildman–Crippen MR) is 122 cm³/mol. The first kappa shape index (κ1) is 22.1. The zero-order valence-corrected chi connectivity index (χ0v) is 19.0. The summed E-state index contributed by atoms with van der Waals surface area (Å²) in [6.07, 6.45) is 3.06. The van der Waals surface area contributed by atoms with Gasteiger partial charge in [-0.25, -0.2) is 0 Å². The Kier molecular flexibility index (Phi) is 6.04. The number of ether oxygens (including phenoxy) is 1. The maximum absolute atomic E-state index is 13.2. The Morgan fingerprint density at radius 2 is 1.59 bits per heavy atom. The van der Waals surface area contributed by atoms with Crippen LogP contribution in [0.5, 0.6) is 5.75 Å². The molecule has 0 bridgehead atoms. The summed E-state index contributed by atoms with van der Waals surface area (Å²) in [6, 6.07) is 14.8. The second-order valence-corrected chi connectivity index (χ2v) is 8.51. The van der Waals surface area contributed by atoms with Crippen molar-refractivity contribution in [2.75, 3.05) is 20.2 Å². The predicted octanol–water partition coefficient (Wildman–Crippen LogP) is 3.94. The van der Waals surface area contributed by atoms with E-state index in [1.165, 1.54) is 4.90 Å². The number of methoxy groups -OCH3 is 1. The Bertz CT molecular complexity index is 997. The zero-order valence-electron chi connectivity index (χ0n) is 19.0. The highest BCUT2D eigenvalue weighted by Crippen LogP contribution is 2.45. The van der Waals surface area contributed by atoms with Crippen LogP contribution in [0.15, 0.2) is 48.5 Å². The van der Waals surface area contributed by atoms with E-state index in [9.17, 15) is 14.4 Å². The van der Waals surface area contributed by atoms with Crippen LogP contribution in [0.4, 0.5) is 0 Å². The highest BCUT2D eigenvalue weighted by Gasteiger charge is 2.55. The lowest BCUT2D eigenvalue weighted by molar-refractivity contribution is -0.132. The van der Waals surface area contributed by atoms with E-state index in [0.717, 1.165) is 24.2 Å². The van der Waals surface area contributed by atoms with Gasteiger partial charge in [0, 0.05) is 12.5 Å². The van der Waals surface area contributed by atoms with Gasteiger partial charge >= 0.3 is 0 Å². The first-order valence-electron chi connectivity index (χ1n) is 11.4. The lowest BCUT2D eigenvalue weighted by atomic mass is 9.86. The van der Waals surface area contributed by atoms with Crippen LogP contribution in [0, 0.1) is 5.92 Å². The number of fused-ring (bicyclic) bond motifs is 2. The molecule has 3 aliphatic rings. The first-order chi connectivity index (χ1) is 15.5. The fourth-order valence-corrected chi connectivity index (χ4v) is 5.37. The van der Waals surface area contributed by atoms with E-state index in [0.29, 0.717) is 30.5 Å². The van der Waals surface area contributed by atoms with Crippen molar-refractivity contribution >= 4 is 17.7 Å². The Morgan fingerprint density at radius 1 is 0.969 bits per heavy atom. The lowest BCUT2D eigenvalue weighted by Gasteiger charge is -2.35. The van der Waals surface area contributed by atoms with Gasteiger partial charge in [-0.3, -0.25) is 19.3 Å². The summed E-state index contributed by atoms with van der Waals surface area (Å²) in [4.78, 5) is 42.2. The number of carbonyl (C=O) groups is 3. The van der Waals surface area contributed by atoms with E-state index in [2.05, 4.69) is 0 Å². The number of rotatable bonds is 5. The van der Waals surface area contributed by atoms with E-state index >= 15 is 0 Å². The largest absolute Gasteiger partial charge is 0.497 e. The van der Waals surface area contributed by atoms with E-state index in [1.807, 2.05) is 43.0 Å². The van der Waals surface area contributed by atoms with Crippen LogP contribution < -0.4 is 4.74 Å². The molecule has 2 unspecified atom stereocenters. The number of nitrogens with zero attached hydrogens (tertiary/aromatic N) is 2. The molecule has 6 heteroatoms. The van der Waals surface area contributed by atoms with Gasteiger partial charge in [-0.2, -0.15) is 0 Å². The minimum Gasteiger partial charge on any atom is -0.497 e. The van der Waals surface area contributed by atoms with Crippen LogP contribution in [-0.2, 0) is 11.2 Å². The molecule has 0 aromatic heterocycles. The molecule has 2 fully saturated rings. The Labute approximate surface area is 189 Å². The highest BCUT2D eigenvalue weighted by molar-refractivity contribution is 6.21. The number of amides is 3. The van der Waals surface area contributed by atoms with Gasteiger partial charge in [0.25, 0.3) is 11.8 Å². The molecule has 3 heterocycles. The molecule has 5 rings (SSSR count). The van der Waals surface area contributed by atoms with Crippen LogP contribution in [0.1, 0.15) is 59.4 Å². The lowest BCUT2D eigenvalue weighted by Crippen LogP contribution is -2.51. The van der Waals surface area contributed by atoms with Crippen molar-refractivity contribution in [3.8, 4) is 5.75 Å². The van der Waals surface area contributed by atoms with Crippen molar-refractivity contribution in [2.24, 2.45) is 5.92 Å². The van der Waals surface area contributed by atoms with Crippen molar-refractivity contribution in [2.45, 2.75) is 45.1 Å². The van der Waals surface area contributed by atoms with Crippen LogP contribution >= 0.6 is 0 Å². The van der Waals surface area contributed by atoms with Crippen molar-refractivity contribution in [1.29, 1.82) is 0 Å². The fourth-order valence-electron chi connectivity index (χ4n) is 5.37. The molecule has 32 heavy (non-hydrogen) atoms. The van der Waals surface area contributed by atoms with Crippen LogP contribution in [0.3, 0.4) is 0 Å². The standard InChI is InChI=1S/C24H24N2O4.C2H6/c1-30-18-9-7-16(8-10-18)13-17-14-24(11-4-12-26(24)21(17)27)15-25-22(28)19-5-2-3-6-20(19)23(25)29;1-2/h2-3,5-10,17H,4,11-15H2,1H3;1-2H3. The quantitative estimate of drug-likeness (QED) is 0.669. The second kappa shape index (κ2) is 8.77. The SMILES string of the molecule is CC.COc1ccc(CC2CC3(CN4C(=O)c5ccccc5C4=O)CCCN3C2=O)cc1. The van der Waals surface area contributed by atoms with Crippen LogP contribution in [0.25, 0.3) is 0 Å². The Hall–Kier alpha value is -3.15. The average molecular weight is 435 g/mol. The normalized spacial score (nSPS) is 23.7. The van der Waals surface area contributed by atoms with Crippen LogP contribution in [0.2, 0.25) is 0 Å². The summed E-state index contributed by atoms with van der Waals surface area (Å²) in [6.45, 7) is 4.98. The van der Waals surface area contributed by atoms with Gasteiger partial charge in [-0.15, -0.1) is 0 Å². The van der Waals surface area contributed by atoms with E-state index in [1.54, 1.807) is 31.4 Å². The summed E-state index contributed by atoms with van der Waals surface area (Å²) in [5.41, 5.74) is 1.57. The number of hydrogen-bond acceptors (Lipinski definition) is 4. The van der Waals surface area contributed by atoms with Crippen LogP contribution in [-0.4, -0.2) is 53.3 Å². The molecule has 0 N–H and O–H groups in total. The zero-order chi connectivity index (χ0) is 22.9. The molecular formula is C26H30N2O4. The highest BCUT2D eigenvalue weighted by atomic mass is 16.5. The van der Waals surface area contributed by atoms with E-state index < -0.39 is 5.54 Å². The third-order valence-electron chi connectivity index (χ3n) is 6.81. The van der Waals surface area contributed by atoms with Gasteiger partial charge in [-0.1, -0.05) is 38.1 Å². The van der Waals surface area contributed by atoms with Gasteiger partial charge in [0.2, 0.25) is 5.91 Å². The minimum absolute atomic E-state index is 0.131. The maximum Gasteiger partial charge on any atom is 0.261 e. The van der Waals surface area contributed by atoms with Gasteiger partial charge in [-0.05, 0) is 55.5 Å². The van der Waals surface area contributed by atoms with E-state index in [-0.39, 0.29) is 30.2 Å². The summed E-state index contributed by atoms with van der Waals surface area (Å²) in [5.74, 6) is 0.304. The number of carbonyl (C=O) groups excluding carboxylic acids is 3. The molecule has 3 amide bonds. The van der Waals surface area contributed by atoms with Gasteiger partial charge in [0.05, 0.1) is 30.3 Å². The monoisotopic (exact) mass is 434 g/mol. The molecule has 3 aliphatic heterocycles. The molecule has 2 aromatic rings. The van der Waals surface area contributed by atoms with Crippen molar-refractivity contribution < 1.29 is 19.1 Å². The van der Waals surface area contributed by atoms with Gasteiger partial charge < -0.3 is 9.64 Å². The Balaban J connectivity index is 0.00000119. The number of imide groups is 1. The molecule has 2 atom stereocenters. The van der Waals surface area contributed by atoms with Crippen molar-refractivity contribution in [3.63, 3.8) is 0 Å². The molecular weight excluding hydrogens is 404 g/mol. The molecule has 6 nitrogen and oxygen atoms in total. The Morgan fingerprint density at radius 3 is 2.19 bits per heavy atom. The number of benzene rings is 2. The smallest absolute Gasteiger partial charge is 0.261 e. The third-order valence-corrected chi connectivity index (χ3v) is 6.81. The average Bonchev–Trinajstić information content (AvgIpc) is 3.43. The molecule has 2 saturated heterocycles. The number of hydrogen-bond donors (Lipinski definition) is 0. The van der Waals surface area contributed by atoms with Crippen molar-refractivity contribution in [3.05, 3.63) is 65.2 Å². The van der Waals surface area contributed by atoms with Gasteiger partial charge in [0.1, 0.15) is 5.75 Å². The summed E-state index contributed by atoms with van der Waals surface area (Å²) < 4.78 is 5.21. The molecule has 0 saturated carbocycles. The molecule has 168 valence electrons. The third kappa shape index (κ3) is 3.57. The molecule has 0 spiro atoms. The van der Waals surface area contributed by atoms with Gasteiger partial charge in [0.15, 0.2) is 0 Å². The topological polar surface area (TPSA) is 66.9 Å².